The lowest BCUT2D eigenvalue weighted by molar-refractivity contribution is 0.221. The van der Waals surface area contributed by atoms with Gasteiger partial charge in [0.25, 0.3) is 0 Å². The molecule has 0 saturated heterocycles. The van der Waals surface area contributed by atoms with Crippen LogP contribution in [0.4, 0.5) is 0 Å². The highest BCUT2D eigenvalue weighted by Gasteiger charge is 2.07. The van der Waals surface area contributed by atoms with Crippen LogP contribution >= 0.6 is 0 Å². The minimum Gasteiger partial charge on any atom is -0.378 e. The molecule has 0 saturated carbocycles. The zero-order valence-electron chi connectivity index (χ0n) is 14.9. The van der Waals surface area contributed by atoms with Crippen LogP contribution in [0.5, 0.6) is 0 Å². The van der Waals surface area contributed by atoms with Crippen LogP contribution in [-0.2, 0) is 0 Å². The van der Waals surface area contributed by atoms with Crippen molar-refractivity contribution in [2.45, 2.75) is 66.8 Å². The lowest BCUT2D eigenvalue weighted by atomic mass is 10.2. The van der Waals surface area contributed by atoms with E-state index < -0.39 is 0 Å². The van der Waals surface area contributed by atoms with Gasteiger partial charge in [-0.25, -0.2) is 0 Å². The summed E-state index contributed by atoms with van der Waals surface area (Å²) in [6.07, 6.45) is 8.03. The summed E-state index contributed by atoms with van der Waals surface area (Å²) in [6, 6.07) is 0.654. The third-order valence-corrected chi connectivity index (χ3v) is 4.05. The van der Waals surface area contributed by atoms with Gasteiger partial charge in [0.05, 0.1) is 0 Å². The van der Waals surface area contributed by atoms with Crippen molar-refractivity contribution in [3.05, 3.63) is 23.4 Å². The minimum atomic E-state index is 0.654. The summed E-state index contributed by atoms with van der Waals surface area (Å²) >= 11 is 0. The molecule has 0 aliphatic heterocycles. The van der Waals surface area contributed by atoms with E-state index in [0.717, 1.165) is 25.9 Å². The minimum absolute atomic E-state index is 0.654. The fourth-order valence-corrected chi connectivity index (χ4v) is 2.31. The van der Waals surface area contributed by atoms with Gasteiger partial charge < -0.3 is 9.80 Å². The molecule has 0 aliphatic rings. The van der Waals surface area contributed by atoms with Crippen molar-refractivity contribution >= 4 is 0 Å². The van der Waals surface area contributed by atoms with E-state index in [4.69, 9.17) is 0 Å². The first-order chi connectivity index (χ1) is 9.46. The molecule has 0 spiro atoms. The zero-order chi connectivity index (χ0) is 15.5. The maximum Gasteiger partial charge on any atom is 0.0183 e. The van der Waals surface area contributed by atoms with E-state index in [2.05, 4.69) is 70.5 Å². The fraction of sp³-hybridized carbons (Fsp3) is 0.778. The number of nitrogens with zero attached hydrogens (tertiary/aromatic N) is 2. The van der Waals surface area contributed by atoms with Gasteiger partial charge in [0.1, 0.15) is 0 Å². The van der Waals surface area contributed by atoms with Crippen LogP contribution in [0.25, 0.3) is 0 Å². The van der Waals surface area contributed by atoms with E-state index in [9.17, 15) is 0 Å². The third kappa shape index (κ3) is 7.74. The molecule has 0 aromatic rings. The summed E-state index contributed by atoms with van der Waals surface area (Å²) in [4.78, 5) is 4.94. The molecule has 0 aliphatic carbocycles. The maximum absolute atomic E-state index is 2.53. The second-order valence-corrected chi connectivity index (χ2v) is 5.88. The predicted molar refractivity (Wildman–Crippen MR) is 92.1 cm³/mol. The summed E-state index contributed by atoms with van der Waals surface area (Å²) in [5.41, 5.74) is 2.88. The molecule has 20 heavy (non-hydrogen) atoms. The molecule has 2 heteroatoms. The highest BCUT2D eigenvalue weighted by molar-refractivity contribution is 5.15. The van der Waals surface area contributed by atoms with Crippen LogP contribution in [0.15, 0.2) is 23.4 Å². The molecule has 0 aromatic carbocycles. The number of hydrogen-bond acceptors (Lipinski definition) is 2. The Bertz CT molecular complexity index is 303. The molecule has 0 atom stereocenters. The van der Waals surface area contributed by atoms with E-state index in [1.165, 1.54) is 24.2 Å². The Morgan fingerprint density at radius 2 is 1.65 bits per heavy atom. The lowest BCUT2D eigenvalue weighted by Gasteiger charge is -2.27. The molecule has 0 aromatic heterocycles. The Kier molecular flexibility index (Phi) is 10.5. The van der Waals surface area contributed by atoms with E-state index in [-0.39, 0.29) is 0 Å². The highest BCUT2D eigenvalue weighted by Crippen LogP contribution is 2.10. The van der Waals surface area contributed by atoms with Gasteiger partial charge in [-0.2, -0.15) is 0 Å². The van der Waals surface area contributed by atoms with Crippen LogP contribution in [0.3, 0.4) is 0 Å². The predicted octanol–water partition coefficient (Wildman–Crippen LogP) is 4.69. The van der Waals surface area contributed by atoms with Crippen molar-refractivity contribution in [2.24, 2.45) is 0 Å². The monoisotopic (exact) mass is 280 g/mol. The van der Waals surface area contributed by atoms with E-state index >= 15 is 0 Å². The van der Waals surface area contributed by atoms with Crippen molar-refractivity contribution in [1.29, 1.82) is 0 Å². The van der Waals surface area contributed by atoms with Gasteiger partial charge in [0.2, 0.25) is 0 Å². The summed E-state index contributed by atoms with van der Waals surface area (Å²) < 4.78 is 0. The van der Waals surface area contributed by atoms with Crippen molar-refractivity contribution in [3.8, 4) is 0 Å². The second kappa shape index (κ2) is 11.0. The van der Waals surface area contributed by atoms with E-state index in [0.29, 0.717) is 6.04 Å². The van der Waals surface area contributed by atoms with Crippen LogP contribution in [-0.4, -0.2) is 42.5 Å². The standard InChI is InChI=1S/C18H36N2/c1-8-17(6)12-13-18(9-2)19(7)14-11-15-20(10-3)16(4)5/h12-13,16H,8-11,14-15H2,1-7H3/b17-12-,18-13+. The van der Waals surface area contributed by atoms with Gasteiger partial charge in [0, 0.05) is 31.9 Å². The van der Waals surface area contributed by atoms with E-state index in [1.807, 2.05) is 0 Å². The molecule has 2 nitrogen and oxygen atoms in total. The SMILES string of the molecule is CC/C(C)=C\C=C(/CC)N(C)CCCN(CC)C(C)C. The maximum atomic E-state index is 2.53. The molecule has 0 fully saturated rings. The Labute approximate surface area is 127 Å². The van der Waals surface area contributed by atoms with Gasteiger partial charge in [-0.15, -0.1) is 0 Å². The molecule has 0 N–H and O–H groups in total. The van der Waals surface area contributed by atoms with Crippen molar-refractivity contribution in [1.82, 2.24) is 9.80 Å². The van der Waals surface area contributed by atoms with Crippen LogP contribution in [0.1, 0.15) is 60.8 Å². The number of allylic oxidation sites excluding steroid dienone is 4. The first kappa shape index (κ1) is 19.2. The average Bonchev–Trinajstić information content (AvgIpc) is 2.43. The smallest absolute Gasteiger partial charge is 0.0183 e. The van der Waals surface area contributed by atoms with Gasteiger partial charge in [-0.1, -0.05) is 32.4 Å². The Morgan fingerprint density at radius 3 is 2.10 bits per heavy atom. The third-order valence-electron chi connectivity index (χ3n) is 4.05. The number of hydrogen-bond donors (Lipinski definition) is 0. The largest absolute Gasteiger partial charge is 0.378 e. The van der Waals surface area contributed by atoms with E-state index in [1.54, 1.807) is 0 Å². The van der Waals surface area contributed by atoms with Gasteiger partial charge >= 0.3 is 0 Å². The van der Waals surface area contributed by atoms with Gasteiger partial charge in [0.15, 0.2) is 0 Å². The van der Waals surface area contributed by atoms with Gasteiger partial charge in [-0.05, 0) is 52.7 Å². The summed E-state index contributed by atoms with van der Waals surface area (Å²) in [5.74, 6) is 0. The molecule has 118 valence electrons. The topological polar surface area (TPSA) is 6.48 Å². The quantitative estimate of drug-likeness (QED) is 0.536. The Hall–Kier alpha value is -0.760. The summed E-state index contributed by atoms with van der Waals surface area (Å²) in [6.45, 7) is 16.9. The fourth-order valence-electron chi connectivity index (χ4n) is 2.31. The van der Waals surface area contributed by atoms with Crippen LogP contribution in [0.2, 0.25) is 0 Å². The number of rotatable bonds is 10. The molecule has 0 bridgehead atoms. The summed E-state index contributed by atoms with van der Waals surface area (Å²) in [7, 11) is 2.22. The van der Waals surface area contributed by atoms with Crippen molar-refractivity contribution < 1.29 is 0 Å². The normalized spacial score (nSPS) is 13.4. The Balaban J connectivity index is 4.32. The highest BCUT2D eigenvalue weighted by atomic mass is 15.2. The van der Waals surface area contributed by atoms with Crippen LogP contribution in [0, 0.1) is 0 Å². The molecule has 0 rings (SSSR count). The second-order valence-electron chi connectivity index (χ2n) is 5.88. The van der Waals surface area contributed by atoms with Crippen LogP contribution < -0.4 is 0 Å². The molecular weight excluding hydrogens is 244 g/mol. The Morgan fingerprint density at radius 1 is 1.00 bits per heavy atom. The molecule has 0 amide bonds. The first-order valence-electron chi connectivity index (χ1n) is 8.27. The van der Waals surface area contributed by atoms with Gasteiger partial charge in [-0.3, -0.25) is 0 Å². The average molecular weight is 280 g/mol. The molecule has 0 radical (unpaired) electrons. The van der Waals surface area contributed by atoms with Crippen molar-refractivity contribution in [2.75, 3.05) is 26.7 Å². The lowest BCUT2D eigenvalue weighted by Crippen LogP contribution is -2.33. The zero-order valence-corrected chi connectivity index (χ0v) is 14.9. The van der Waals surface area contributed by atoms with Crippen molar-refractivity contribution in [3.63, 3.8) is 0 Å². The summed E-state index contributed by atoms with van der Waals surface area (Å²) in [5, 5.41) is 0. The first-order valence-corrected chi connectivity index (χ1v) is 8.27. The molecule has 0 heterocycles. The molecular formula is C18H36N2. The molecule has 0 unspecified atom stereocenters.